The van der Waals surface area contributed by atoms with Gasteiger partial charge < -0.3 is 9.47 Å². The molecule has 1 aliphatic heterocycles. The number of fused-ring (bicyclic) bond motifs is 6. The smallest absolute Gasteiger partial charge is 0.202 e. The van der Waals surface area contributed by atoms with Gasteiger partial charge in [-0.3, -0.25) is 0 Å². The van der Waals surface area contributed by atoms with Gasteiger partial charge in [0.25, 0.3) is 0 Å². The quantitative estimate of drug-likeness (QED) is 0.142. The number of allylic oxidation sites excluding steroid dienone is 4. The van der Waals surface area contributed by atoms with Crippen molar-refractivity contribution in [3.05, 3.63) is 266 Å². The van der Waals surface area contributed by atoms with Crippen molar-refractivity contribution in [2.45, 2.75) is 12.3 Å². The van der Waals surface area contributed by atoms with E-state index in [9.17, 15) is 0 Å². The highest BCUT2D eigenvalue weighted by Gasteiger charge is 2.37. The summed E-state index contributed by atoms with van der Waals surface area (Å²) in [7, 11) is 0. The van der Waals surface area contributed by atoms with Crippen LogP contribution in [0.1, 0.15) is 23.5 Å². The molecular weight excluding hydrogens is 905 g/mol. The standard InChI is InChI=1S/C66H44N8/c1-5-21-43(22-6-1)61-67-63(47-27-17-25-45(41-47)51-35-19-37-55-53-33-13-15-39-57(53)73(59(51)55)49-29-9-3-10-30-49)71-65(69-61)66-70-62(44-23-7-2-8-24-44)68-64(72-66)48-28-18-26-46(42-48)52-36-20-38-56-54-34-14-16-40-58(54)74(60(52)56)50-31-11-4-12-32-50/h1-37,39-42,56H,38H2. The molecule has 1 aliphatic carbocycles. The Morgan fingerprint density at radius 2 is 0.838 bits per heavy atom. The third kappa shape index (κ3) is 7.47. The fourth-order valence-electron chi connectivity index (χ4n) is 10.9. The highest BCUT2D eigenvalue weighted by molar-refractivity contribution is 6.14. The molecular formula is C66H44N8. The van der Waals surface area contributed by atoms with Crippen LogP contribution in [0.4, 0.5) is 11.4 Å². The van der Waals surface area contributed by atoms with E-state index in [4.69, 9.17) is 29.9 Å². The summed E-state index contributed by atoms with van der Waals surface area (Å²) in [6.07, 6.45) is 5.51. The molecule has 8 heteroatoms. The Balaban J connectivity index is 0.923. The fraction of sp³-hybridized carbons (Fsp3) is 0.0303. The molecule has 0 saturated carbocycles. The van der Waals surface area contributed by atoms with Crippen LogP contribution in [0.15, 0.2) is 254 Å². The van der Waals surface area contributed by atoms with Crippen LogP contribution in [0.3, 0.4) is 0 Å². The van der Waals surface area contributed by atoms with Crippen LogP contribution in [0.25, 0.3) is 101 Å². The molecule has 8 nitrogen and oxygen atoms in total. The molecule has 4 heterocycles. The average molecular weight is 949 g/mol. The summed E-state index contributed by atoms with van der Waals surface area (Å²) in [5.74, 6) is 2.95. The zero-order chi connectivity index (χ0) is 49.0. The van der Waals surface area contributed by atoms with Crippen molar-refractivity contribution >= 4 is 38.8 Å². The first-order valence-electron chi connectivity index (χ1n) is 25.0. The van der Waals surface area contributed by atoms with E-state index in [1.165, 1.54) is 27.7 Å². The Labute approximate surface area is 428 Å². The normalized spacial score (nSPS) is 13.9. The maximum Gasteiger partial charge on any atom is 0.202 e. The van der Waals surface area contributed by atoms with Gasteiger partial charge in [0.05, 0.1) is 11.0 Å². The second kappa shape index (κ2) is 18.0. The summed E-state index contributed by atoms with van der Waals surface area (Å²) in [4.78, 5) is 33.6. The molecule has 0 N–H and O–H groups in total. The summed E-state index contributed by atoms with van der Waals surface area (Å²) in [6.45, 7) is 0. The second-order valence-electron chi connectivity index (χ2n) is 18.6. The van der Waals surface area contributed by atoms with Crippen molar-refractivity contribution in [2.24, 2.45) is 0 Å². The van der Waals surface area contributed by atoms with Crippen molar-refractivity contribution in [3.63, 3.8) is 0 Å². The number of aromatic nitrogens is 7. The van der Waals surface area contributed by atoms with Gasteiger partial charge in [-0.1, -0.05) is 200 Å². The maximum absolute atomic E-state index is 5.25. The van der Waals surface area contributed by atoms with E-state index in [0.29, 0.717) is 34.9 Å². The zero-order valence-corrected chi connectivity index (χ0v) is 40.0. The Bertz CT molecular complexity index is 4170. The number of para-hydroxylation sites is 5. The van der Waals surface area contributed by atoms with Crippen molar-refractivity contribution in [1.29, 1.82) is 0 Å². The van der Waals surface area contributed by atoms with Gasteiger partial charge in [0.1, 0.15) is 0 Å². The van der Waals surface area contributed by atoms with E-state index in [1.54, 1.807) is 0 Å². The van der Waals surface area contributed by atoms with Crippen LogP contribution in [-0.2, 0) is 0 Å². The van der Waals surface area contributed by atoms with Crippen LogP contribution in [0, 0.1) is 0 Å². The Morgan fingerprint density at radius 3 is 1.50 bits per heavy atom. The van der Waals surface area contributed by atoms with Gasteiger partial charge in [-0.2, -0.15) is 0 Å². The fourth-order valence-corrected chi connectivity index (χ4v) is 10.9. The summed E-state index contributed by atoms with van der Waals surface area (Å²) in [5.41, 5.74) is 16.1. The Morgan fingerprint density at radius 1 is 0.365 bits per heavy atom. The maximum atomic E-state index is 5.25. The van der Waals surface area contributed by atoms with E-state index in [-0.39, 0.29) is 5.92 Å². The van der Waals surface area contributed by atoms with Gasteiger partial charge in [0, 0.05) is 72.8 Å². The molecule has 0 bridgehead atoms. The second-order valence-corrected chi connectivity index (χ2v) is 18.6. The van der Waals surface area contributed by atoms with Gasteiger partial charge in [0.2, 0.25) is 11.6 Å². The Hall–Kier alpha value is -9.92. The molecule has 2 aliphatic rings. The number of nitrogens with zero attached hydrogens (tertiary/aromatic N) is 8. The number of benzene rings is 9. The first-order chi connectivity index (χ1) is 36.7. The molecule has 1 unspecified atom stereocenters. The largest absolute Gasteiger partial charge is 0.313 e. The summed E-state index contributed by atoms with van der Waals surface area (Å²) >= 11 is 0. The SMILES string of the molecule is C1=CC(c2cccc(-c3nc(-c4ccccc4)nc(-c4nc(-c5ccccc5)nc(-c5cccc(-c6cccc7c8ccccc8n(-c8ccccc8)c67)c5)n4)n3)c2)=C2C(C1)c1ccccc1N2c1ccccc1. The molecule has 0 amide bonds. The van der Waals surface area contributed by atoms with Gasteiger partial charge in [0.15, 0.2) is 23.3 Å². The van der Waals surface area contributed by atoms with Gasteiger partial charge in [-0.15, -0.1) is 0 Å². The molecule has 348 valence electrons. The van der Waals surface area contributed by atoms with Crippen LogP contribution in [0.5, 0.6) is 0 Å². The minimum Gasteiger partial charge on any atom is -0.313 e. The lowest BCUT2D eigenvalue weighted by Gasteiger charge is -2.28. The highest BCUT2D eigenvalue weighted by atomic mass is 15.2. The van der Waals surface area contributed by atoms with Crippen molar-refractivity contribution in [2.75, 3.05) is 4.90 Å². The molecule has 3 aromatic heterocycles. The molecule has 1 atom stereocenters. The van der Waals surface area contributed by atoms with E-state index in [2.05, 4.69) is 198 Å². The van der Waals surface area contributed by atoms with E-state index in [1.807, 2.05) is 60.7 Å². The first kappa shape index (κ1) is 42.9. The molecule has 14 rings (SSSR count). The number of rotatable bonds is 9. The molecule has 0 saturated heterocycles. The lowest BCUT2D eigenvalue weighted by Crippen LogP contribution is -2.17. The molecule has 74 heavy (non-hydrogen) atoms. The van der Waals surface area contributed by atoms with Crippen molar-refractivity contribution < 1.29 is 0 Å². The third-order valence-electron chi connectivity index (χ3n) is 14.2. The summed E-state index contributed by atoms with van der Waals surface area (Å²) in [5, 5.41) is 2.38. The zero-order valence-electron chi connectivity index (χ0n) is 40.0. The molecule has 0 radical (unpaired) electrons. The monoisotopic (exact) mass is 948 g/mol. The van der Waals surface area contributed by atoms with Crippen LogP contribution in [-0.4, -0.2) is 34.5 Å². The number of hydrogen-bond donors (Lipinski definition) is 0. The topological polar surface area (TPSA) is 85.5 Å². The van der Waals surface area contributed by atoms with Crippen molar-refractivity contribution in [3.8, 4) is 74.0 Å². The molecule has 0 spiro atoms. The lowest BCUT2D eigenvalue weighted by molar-refractivity contribution is 0.824. The number of hydrogen-bond acceptors (Lipinski definition) is 7. The van der Waals surface area contributed by atoms with Gasteiger partial charge >= 0.3 is 0 Å². The van der Waals surface area contributed by atoms with Gasteiger partial charge in [-0.25, -0.2) is 29.9 Å². The van der Waals surface area contributed by atoms with E-state index >= 15 is 0 Å². The predicted molar refractivity (Wildman–Crippen MR) is 299 cm³/mol. The summed E-state index contributed by atoms with van der Waals surface area (Å²) < 4.78 is 2.37. The van der Waals surface area contributed by atoms with Gasteiger partial charge in [-0.05, 0) is 71.6 Å². The van der Waals surface area contributed by atoms with Crippen LogP contribution < -0.4 is 4.90 Å². The minimum atomic E-state index is 0.218. The number of anilines is 2. The first-order valence-corrected chi connectivity index (χ1v) is 25.0. The predicted octanol–water partition coefficient (Wildman–Crippen LogP) is 15.8. The average Bonchev–Trinajstić information content (AvgIpc) is 4.03. The molecule has 12 aromatic rings. The lowest BCUT2D eigenvalue weighted by atomic mass is 9.86. The molecule has 9 aromatic carbocycles. The van der Waals surface area contributed by atoms with E-state index < -0.39 is 0 Å². The van der Waals surface area contributed by atoms with E-state index in [0.717, 1.165) is 73.3 Å². The minimum absolute atomic E-state index is 0.218. The third-order valence-corrected chi connectivity index (χ3v) is 14.2. The molecule has 0 fully saturated rings. The Kier molecular flexibility index (Phi) is 10.5. The highest BCUT2D eigenvalue weighted by Crippen LogP contribution is 2.53. The van der Waals surface area contributed by atoms with Crippen molar-refractivity contribution in [1.82, 2.24) is 34.5 Å². The summed E-state index contributed by atoms with van der Waals surface area (Å²) in [6, 6.07) is 82.3. The van der Waals surface area contributed by atoms with Crippen LogP contribution >= 0.6 is 0 Å². The van der Waals surface area contributed by atoms with Crippen LogP contribution in [0.2, 0.25) is 0 Å².